The van der Waals surface area contributed by atoms with Crippen LogP contribution in [0.5, 0.6) is 0 Å². The van der Waals surface area contributed by atoms with Crippen molar-refractivity contribution >= 4 is 34.0 Å². The van der Waals surface area contributed by atoms with E-state index in [-0.39, 0.29) is 12.5 Å². The summed E-state index contributed by atoms with van der Waals surface area (Å²) in [6.45, 7) is 4.60. The van der Waals surface area contributed by atoms with Gasteiger partial charge in [0.15, 0.2) is 5.65 Å². The Balaban J connectivity index is 1.40. The number of nitrogens with zero attached hydrogens (tertiary/aromatic N) is 6. The van der Waals surface area contributed by atoms with E-state index in [0.717, 1.165) is 33.7 Å². The monoisotopic (exact) mass is 391 g/mol. The molecule has 1 aliphatic rings. The van der Waals surface area contributed by atoms with E-state index in [4.69, 9.17) is 9.72 Å². The Morgan fingerprint density at radius 2 is 2.07 bits per heavy atom. The van der Waals surface area contributed by atoms with Crippen molar-refractivity contribution in [3.63, 3.8) is 0 Å². The van der Waals surface area contributed by atoms with Gasteiger partial charge in [0.1, 0.15) is 12.4 Å². The minimum atomic E-state index is 0.0441. The van der Waals surface area contributed by atoms with Gasteiger partial charge in [0.25, 0.3) is 0 Å². The second-order valence-corrected chi connectivity index (χ2v) is 7.08. The molecule has 1 saturated heterocycles. The van der Waals surface area contributed by atoms with Gasteiger partial charge in [0.05, 0.1) is 36.3 Å². The number of morpholine rings is 1. The number of hydrogen-bond acceptors (Lipinski definition) is 6. The molecule has 0 saturated carbocycles. The van der Waals surface area contributed by atoms with E-state index in [2.05, 4.69) is 15.5 Å². The number of fused-ring (bicyclic) bond motifs is 3. The quantitative estimate of drug-likeness (QED) is 0.572. The Morgan fingerprint density at radius 1 is 1.24 bits per heavy atom. The summed E-state index contributed by atoms with van der Waals surface area (Å²) in [5, 5.41) is 13.2. The molecule has 148 valence electrons. The van der Waals surface area contributed by atoms with Crippen LogP contribution in [0.15, 0.2) is 42.7 Å². The van der Waals surface area contributed by atoms with Crippen LogP contribution in [-0.2, 0) is 16.1 Å². The first-order chi connectivity index (χ1) is 14.2. The molecule has 29 heavy (non-hydrogen) atoms. The van der Waals surface area contributed by atoms with E-state index >= 15 is 0 Å². The Bertz CT molecular complexity index is 1190. The Labute approximate surface area is 166 Å². The zero-order valence-corrected chi connectivity index (χ0v) is 16.1. The lowest BCUT2D eigenvalue weighted by Gasteiger charge is -2.26. The number of amides is 1. The number of aromatic nitrogens is 5. The Kier molecular flexibility index (Phi) is 4.36. The average Bonchev–Trinajstić information content (AvgIpc) is 3.34. The van der Waals surface area contributed by atoms with Gasteiger partial charge < -0.3 is 15.0 Å². The SMILES string of the molecule is Cc1cc2nc(Nc3cnn(CC(=O)N4CCOCC4)c3)c3ccccc3n2n1. The van der Waals surface area contributed by atoms with Crippen LogP contribution in [-0.4, -0.2) is 61.5 Å². The standard InChI is InChI=1S/C20H21N7O2/c1-14-10-18-23-20(16-4-2-3-5-17(16)27(18)24-14)22-15-11-21-26(12-15)13-19(28)25-6-8-29-9-7-25/h2-5,10-12H,6-9,13H2,1H3,(H,22,23). The minimum Gasteiger partial charge on any atom is -0.378 e. The predicted molar refractivity (Wildman–Crippen MR) is 108 cm³/mol. The van der Waals surface area contributed by atoms with Crippen LogP contribution in [0, 0.1) is 6.92 Å². The van der Waals surface area contributed by atoms with E-state index in [1.807, 2.05) is 52.9 Å². The molecule has 0 spiro atoms. The molecule has 0 radical (unpaired) electrons. The maximum Gasteiger partial charge on any atom is 0.244 e. The highest BCUT2D eigenvalue weighted by Crippen LogP contribution is 2.26. The number of hydrogen-bond donors (Lipinski definition) is 1. The Hall–Kier alpha value is -3.46. The second-order valence-electron chi connectivity index (χ2n) is 7.08. The van der Waals surface area contributed by atoms with Gasteiger partial charge in [0, 0.05) is 30.7 Å². The third-order valence-electron chi connectivity index (χ3n) is 4.98. The largest absolute Gasteiger partial charge is 0.378 e. The maximum atomic E-state index is 12.4. The van der Waals surface area contributed by atoms with Crippen molar-refractivity contribution in [3.8, 4) is 0 Å². The molecule has 0 bridgehead atoms. The fourth-order valence-electron chi connectivity index (χ4n) is 3.57. The first-order valence-corrected chi connectivity index (χ1v) is 9.57. The molecule has 1 aliphatic heterocycles. The molecule has 4 aromatic rings. The summed E-state index contributed by atoms with van der Waals surface area (Å²) in [7, 11) is 0. The molecule has 1 fully saturated rings. The molecule has 0 aliphatic carbocycles. The van der Waals surface area contributed by atoms with Crippen molar-refractivity contribution in [2.45, 2.75) is 13.5 Å². The van der Waals surface area contributed by atoms with Gasteiger partial charge in [-0.1, -0.05) is 12.1 Å². The van der Waals surface area contributed by atoms with Gasteiger partial charge in [-0.2, -0.15) is 10.2 Å². The van der Waals surface area contributed by atoms with Crippen molar-refractivity contribution in [1.82, 2.24) is 29.3 Å². The highest BCUT2D eigenvalue weighted by Gasteiger charge is 2.17. The highest BCUT2D eigenvalue weighted by molar-refractivity contribution is 5.92. The minimum absolute atomic E-state index is 0.0441. The molecule has 9 heteroatoms. The summed E-state index contributed by atoms with van der Waals surface area (Å²) in [4.78, 5) is 19.0. The smallest absolute Gasteiger partial charge is 0.244 e. The zero-order chi connectivity index (χ0) is 19.8. The van der Waals surface area contributed by atoms with Gasteiger partial charge >= 0.3 is 0 Å². The van der Waals surface area contributed by atoms with Crippen LogP contribution in [0.25, 0.3) is 16.6 Å². The average molecular weight is 391 g/mol. The number of benzene rings is 1. The van der Waals surface area contributed by atoms with Crippen molar-refractivity contribution in [2.24, 2.45) is 0 Å². The molecule has 4 heterocycles. The number of para-hydroxylation sites is 1. The summed E-state index contributed by atoms with van der Waals surface area (Å²) in [5.74, 6) is 0.773. The number of carbonyl (C=O) groups is 1. The van der Waals surface area contributed by atoms with Crippen LogP contribution >= 0.6 is 0 Å². The van der Waals surface area contributed by atoms with Crippen LogP contribution in [0.1, 0.15) is 5.69 Å². The molecular formula is C20H21N7O2. The van der Waals surface area contributed by atoms with Gasteiger partial charge in [-0.05, 0) is 19.1 Å². The normalized spacial score (nSPS) is 14.6. The van der Waals surface area contributed by atoms with Crippen molar-refractivity contribution < 1.29 is 9.53 Å². The van der Waals surface area contributed by atoms with E-state index in [1.54, 1.807) is 10.9 Å². The van der Waals surface area contributed by atoms with Crippen molar-refractivity contribution in [3.05, 3.63) is 48.4 Å². The molecule has 9 nitrogen and oxygen atoms in total. The summed E-state index contributed by atoms with van der Waals surface area (Å²) < 4.78 is 8.79. The van der Waals surface area contributed by atoms with Gasteiger partial charge in [-0.3, -0.25) is 9.48 Å². The first kappa shape index (κ1) is 17.6. The lowest BCUT2D eigenvalue weighted by atomic mass is 10.2. The molecule has 3 aromatic heterocycles. The third-order valence-corrected chi connectivity index (χ3v) is 4.98. The topological polar surface area (TPSA) is 89.6 Å². The molecule has 1 aromatic carbocycles. The van der Waals surface area contributed by atoms with Gasteiger partial charge in [0.2, 0.25) is 5.91 Å². The van der Waals surface area contributed by atoms with Gasteiger partial charge in [-0.25, -0.2) is 9.50 Å². The van der Waals surface area contributed by atoms with E-state index in [0.29, 0.717) is 26.3 Å². The molecule has 0 atom stereocenters. The number of aryl methyl sites for hydroxylation is 1. The summed E-state index contributed by atoms with van der Waals surface area (Å²) in [6, 6.07) is 9.93. The number of ether oxygens (including phenoxy) is 1. The number of anilines is 2. The number of nitrogens with one attached hydrogen (secondary N) is 1. The molecular weight excluding hydrogens is 370 g/mol. The predicted octanol–water partition coefficient (Wildman–Crippen LogP) is 1.99. The zero-order valence-electron chi connectivity index (χ0n) is 16.1. The highest BCUT2D eigenvalue weighted by atomic mass is 16.5. The van der Waals surface area contributed by atoms with Crippen LogP contribution in [0.4, 0.5) is 11.5 Å². The second kappa shape index (κ2) is 7.17. The van der Waals surface area contributed by atoms with Crippen molar-refractivity contribution in [1.29, 1.82) is 0 Å². The molecule has 5 rings (SSSR count). The number of carbonyl (C=O) groups excluding carboxylic acids is 1. The number of rotatable bonds is 4. The van der Waals surface area contributed by atoms with E-state index in [1.165, 1.54) is 0 Å². The van der Waals surface area contributed by atoms with E-state index < -0.39 is 0 Å². The van der Waals surface area contributed by atoms with Crippen LogP contribution < -0.4 is 5.32 Å². The summed E-state index contributed by atoms with van der Waals surface area (Å²) >= 11 is 0. The molecule has 1 amide bonds. The lowest BCUT2D eigenvalue weighted by Crippen LogP contribution is -2.42. The fraction of sp³-hybridized carbons (Fsp3) is 0.300. The van der Waals surface area contributed by atoms with Crippen molar-refractivity contribution in [2.75, 3.05) is 31.6 Å². The third kappa shape index (κ3) is 3.40. The fourth-order valence-corrected chi connectivity index (χ4v) is 3.57. The Morgan fingerprint density at radius 3 is 2.93 bits per heavy atom. The van der Waals surface area contributed by atoms with E-state index in [9.17, 15) is 4.79 Å². The summed E-state index contributed by atoms with van der Waals surface area (Å²) in [6.07, 6.45) is 3.52. The molecule has 1 N–H and O–H groups in total. The lowest BCUT2D eigenvalue weighted by molar-refractivity contribution is -0.136. The van der Waals surface area contributed by atoms with Crippen LogP contribution in [0.3, 0.4) is 0 Å². The maximum absolute atomic E-state index is 12.4. The van der Waals surface area contributed by atoms with Crippen LogP contribution in [0.2, 0.25) is 0 Å². The van der Waals surface area contributed by atoms with Gasteiger partial charge in [-0.15, -0.1) is 0 Å². The summed E-state index contributed by atoms with van der Waals surface area (Å²) in [5.41, 5.74) is 3.44. The molecule has 0 unspecified atom stereocenters. The first-order valence-electron chi connectivity index (χ1n) is 9.57.